The fourth-order valence-electron chi connectivity index (χ4n) is 1.81. The summed E-state index contributed by atoms with van der Waals surface area (Å²) in [6.07, 6.45) is 1.12. The van der Waals surface area contributed by atoms with E-state index < -0.39 is 11.9 Å². The lowest BCUT2D eigenvalue weighted by Gasteiger charge is -2.08. The maximum atomic E-state index is 9.55. The van der Waals surface area contributed by atoms with Crippen LogP contribution in [0.2, 0.25) is 10.0 Å². The molecule has 0 spiro atoms. The summed E-state index contributed by atoms with van der Waals surface area (Å²) in [6.45, 7) is 4.34. The van der Waals surface area contributed by atoms with Gasteiger partial charge in [0.15, 0.2) is 0 Å². The van der Waals surface area contributed by atoms with Gasteiger partial charge in [0.1, 0.15) is 0 Å². The molecule has 2 aromatic rings. The number of nitrogens with one attached hydrogen (secondary N) is 2. The molecular formula is C24H32Cl2N2O4S2. The van der Waals surface area contributed by atoms with Crippen molar-refractivity contribution in [2.24, 2.45) is 0 Å². The van der Waals surface area contributed by atoms with Crippen molar-refractivity contribution in [1.29, 1.82) is 0 Å². The molecule has 10 heteroatoms. The zero-order valence-electron chi connectivity index (χ0n) is 19.6. The summed E-state index contributed by atoms with van der Waals surface area (Å²) >= 11 is 15.2. The summed E-state index contributed by atoms with van der Waals surface area (Å²) in [5.74, 6) is -0.351. The number of carbonyl (C=O) groups is 2. The number of thioether (sulfide) groups is 2. The van der Waals surface area contributed by atoms with Gasteiger partial charge in [-0.1, -0.05) is 23.2 Å². The van der Waals surface area contributed by atoms with E-state index in [2.05, 4.69) is 48.7 Å². The fourth-order valence-corrected chi connectivity index (χ4v) is 3.94. The Labute approximate surface area is 220 Å². The summed E-state index contributed by atoms with van der Waals surface area (Å²) in [6, 6.07) is 17.0. The maximum Gasteiger partial charge on any atom is 0.328 e. The Morgan fingerprint density at radius 3 is 1.29 bits per heavy atom. The quantitative estimate of drug-likeness (QED) is 0.219. The number of aliphatic carboxylic acids is 2. The molecule has 0 bridgehead atoms. The van der Waals surface area contributed by atoms with Crippen LogP contribution in [0, 0.1) is 0 Å². The summed E-state index contributed by atoms with van der Waals surface area (Å²) < 4.78 is 0. The van der Waals surface area contributed by atoms with Crippen LogP contribution in [0.5, 0.6) is 0 Å². The summed E-state index contributed by atoms with van der Waals surface area (Å²) in [4.78, 5) is 21.6. The van der Waals surface area contributed by atoms with Crippen molar-refractivity contribution in [3.63, 3.8) is 0 Å². The van der Waals surface area contributed by atoms with Gasteiger partial charge in [-0.2, -0.15) is 0 Å². The first kappa shape index (κ1) is 32.3. The van der Waals surface area contributed by atoms with Gasteiger partial charge in [-0.25, -0.2) is 9.59 Å². The predicted octanol–water partition coefficient (Wildman–Crippen LogP) is 5.79. The molecule has 0 fully saturated rings. The largest absolute Gasteiger partial charge is 0.478 e. The molecule has 4 N–H and O–H groups in total. The van der Waals surface area contributed by atoms with Gasteiger partial charge >= 0.3 is 11.9 Å². The molecule has 2 rings (SSSR count). The number of carboxylic acid groups (broad SMARTS) is 2. The lowest BCUT2D eigenvalue weighted by atomic mass is 10.4. The second-order valence-electron chi connectivity index (χ2n) is 6.92. The molecule has 2 aromatic carbocycles. The van der Waals surface area contributed by atoms with E-state index in [1.54, 1.807) is 0 Å². The molecule has 0 amide bonds. The van der Waals surface area contributed by atoms with E-state index in [4.69, 9.17) is 33.4 Å². The zero-order valence-corrected chi connectivity index (χ0v) is 22.8. The monoisotopic (exact) mass is 546 g/mol. The Balaban J connectivity index is 0.000000497. The number of carboxylic acids is 2. The van der Waals surface area contributed by atoms with Crippen LogP contribution in [0.3, 0.4) is 0 Å². The van der Waals surface area contributed by atoms with Gasteiger partial charge < -0.3 is 20.8 Å². The molecule has 0 aliphatic heterocycles. The highest BCUT2D eigenvalue weighted by Crippen LogP contribution is 2.21. The second kappa shape index (κ2) is 19.6. The van der Waals surface area contributed by atoms with E-state index in [1.165, 1.54) is 9.79 Å². The van der Waals surface area contributed by atoms with Crippen LogP contribution < -0.4 is 10.6 Å². The van der Waals surface area contributed by atoms with Crippen molar-refractivity contribution >= 4 is 58.7 Å². The van der Waals surface area contributed by atoms with Crippen LogP contribution in [0.4, 0.5) is 0 Å². The van der Waals surface area contributed by atoms with E-state index in [9.17, 15) is 9.59 Å². The van der Waals surface area contributed by atoms with Gasteiger partial charge in [-0.15, -0.1) is 23.5 Å². The molecule has 188 valence electrons. The molecule has 0 aliphatic rings. The minimum Gasteiger partial charge on any atom is -0.478 e. The van der Waals surface area contributed by atoms with Crippen molar-refractivity contribution in [1.82, 2.24) is 10.6 Å². The van der Waals surface area contributed by atoms with Gasteiger partial charge in [0.25, 0.3) is 0 Å². The highest BCUT2D eigenvalue weighted by atomic mass is 35.5. The normalized spacial score (nSPS) is 12.1. The summed E-state index contributed by atoms with van der Waals surface area (Å²) in [7, 11) is 3.96. The molecule has 0 aromatic heterocycles. The summed E-state index contributed by atoms with van der Waals surface area (Å²) in [5.41, 5.74) is 0. The van der Waals surface area contributed by atoms with Gasteiger partial charge in [-0.05, 0) is 76.5 Å². The van der Waals surface area contributed by atoms with Crippen molar-refractivity contribution in [3.8, 4) is 0 Å². The van der Waals surface area contributed by atoms with Gasteiger partial charge in [0.2, 0.25) is 0 Å². The van der Waals surface area contributed by atoms with Crippen LogP contribution in [-0.4, -0.2) is 59.8 Å². The minimum atomic E-state index is -1.26. The molecule has 6 nitrogen and oxygen atoms in total. The first-order valence-corrected chi connectivity index (χ1v) is 13.0. The van der Waals surface area contributed by atoms with E-state index in [1.807, 2.05) is 61.9 Å². The Bertz CT molecular complexity index is 795. The van der Waals surface area contributed by atoms with Crippen LogP contribution in [0.15, 0.2) is 70.5 Å². The Morgan fingerprint density at radius 1 is 0.765 bits per heavy atom. The molecule has 0 heterocycles. The SMILES string of the molecule is CN[C@@H](C)CSc1ccc(Cl)cc1.CN[C@@H](C)CSc1ccc(Cl)cc1.O=C(O)/C=C/C(=O)O. The lowest BCUT2D eigenvalue weighted by Crippen LogP contribution is -2.23. The Kier molecular flexibility index (Phi) is 18.6. The number of benzene rings is 2. The van der Waals surface area contributed by atoms with Crippen molar-refractivity contribution in [2.75, 3.05) is 25.6 Å². The van der Waals surface area contributed by atoms with Crippen molar-refractivity contribution in [3.05, 3.63) is 70.7 Å². The average Bonchev–Trinajstić information content (AvgIpc) is 2.82. The third kappa shape index (κ3) is 18.7. The number of hydrogen-bond acceptors (Lipinski definition) is 6. The van der Waals surface area contributed by atoms with Crippen LogP contribution in [0.25, 0.3) is 0 Å². The zero-order chi connectivity index (χ0) is 25.9. The van der Waals surface area contributed by atoms with Crippen LogP contribution in [0.1, 0.15) is 13.8 Å². The molecule has 0 radical (unpaired) electrons. The third-order valence-corrected chi connectivity index (χ3v) is 7.03. The van der Waals surface area contributed by atoms with Crippen molar-refractivity contribution < 1.29 is 19.8 Å². The third-order valence-electron chi connectivity index (χ3n) is 3.98. The van der Waals surface area contributed by atoms with Crippen LogP contribution >= 0.6 is 46.7 Å². The molecule has 0 aliphatic carbocycles. The first-order chi connectivity index (χ1) is 16.1. The topological polar surface area (TPSA) is 98.7 Å². The Hall–Kier alpha value is -1.68. The lowest BCUT2D eigenvalue weighted by molar-refractivity contribution is -0.134. The molecule has 0 saturated carbocycles. The molecule has 2 atom stereocenters. The smallest absolute Gasteiger partial charge is 0.328 e. The van der Waals surface area contributed by atoms with Crippen molar-refractivity contribution in [2.45, 2.75) is 35.7 Å². The molecular weight excluding hydrogens is 515 g/mol. The second-order valence-corrected chi connectivity index (χ2v) is 9.98. The number of hydrogen-bond donors (Lipinski definition) is 4. The van der Waals surface area contributed by atoms with Gasteiger partial charge in [-0.3, -0.25) is 0 Å². The molecule has 0 unspecified atom stereocenters. The minimum absolute atomic E-state index is 0.542. The van der Waals surface area contributed by atoms with E-state index in [0.717, 1.165) is 21.6 Å². The fraction of sp³-hybridized carbons (Fsp3) is 0.333. The van der Waals surface area contributed by atoms with E-state index >= 15 is 0 Å². The number of rotatable bonds is 10. The van der Waals surface area contributed by atoms with Crippen LogP contribution in [-0.2, 0) is 9.59 Å². The average molecular weight is 548 g/mol. The van der Waals surface area contributed by atoms with E-state index in [-0.39, 0.29) is 0 Å². The number of halogens is 2. The maximum absolute atomic E-state index is 9.55. The first-order valence-electron chi connectivity index (χ1n) is 10.3. The highest BCUT2D eigenvalue weighted by molar-refractivity contribution is 7.99. The van der Waals surface area contributed by atoms with Gasteiger partial charge in [0.05, 0.1) is 0 Å². The highest BCUT2D eigenvalue weighted by Gasteiger charge is 2.00. The molecule has 34 heavy (non-hydrogen) atoms. The molecule has 0 saturated heterocycles. The summed E-state index contributed by atoms with van der Waals surface area (Å²) in [5, 5.41) is 23.6. The Morgan fingerprint density at radius 2 is 1.06 bits per heavy atom. The van der Waals surface area contributed by atoms with Gasteiger partial charge in [0, 0.05) is 55.6 Å². The van der Waals surface area contributed by atoms with E-state index in [0.29, 0.717) is 24.2 Å². The standard InChI is InChI=1S/2C10H14ClNS.C4H4O4/c2*1-8(12-2)7-13-10-5-3-9(11)4-6-10;5-3(6)1-2-4(7)8/h2*3-6,8,12H,7H2,1-2H3;1-2H,(H,5,6)(H,7,8)/b;;2-1+/t2*8-;/m00./s1. The predicted molar refractivity (Wildman–Crippen MR) is 146 cm³/mol.